The SMILES string of the molecule is CSCCn1nc(CNC(C)(C)C)c2ccccc21. The number of aryl methyl sites for hydroxylation is 1. The number of para-hydroxylation sites is 1. The molecule has 1 aromatic carbocycles. The summed E-state index contributed by atoms with van der Waals surface area (Å²) in [5.74, 6) is 1.10. The second-order valence-electron chi connectivity index (χ2n) is 5.78. The Bertz CT molecular complexity index is 540. The van der Waals surface area contributed by atoms with Crippen LogP contribution in [0.4, 0.5) is 0 Å². The van der Waals surface area contributed by atoms with Gasteiger partial charge in [-0.2, -0.15) is 16.9 Å². The highest BCUT2D eigenvalue weighted by Gasteiger charge is 2.13. The molecule has 0 radical (unpaired) electrons. The third kappa shape index (κ3) is 3.74. The van der Waals surface area contributed by atoms with Gasteiger partial charge >= 0.3 is 0 Å². The van der Waals surface area contributed by atoms with Crippen LogP contribution in [0.5, 0.6) is 0 Å². The van der Waals surface area contributed by atoms with Crippen LogP contribution in [0.3, 0.4) is 0 Å². The van der Waals surface area contributed by atoms with Crippen molar-refractivity contribution in [3.05, 3.63) is 30.0 Å². The Kier molecular flexibility index (Phi) is 4.53. The van der Waals surface area contributed by atoms with E-state index in [0.29, 0.717) is 0 Å². The Morgan fingerprint density at radius 3 is 2.68 bits per heavy atom. The molecular weight excluding hydrogens is 254 g/mol. The molecule has 0 aliphatic carbocycles. The molecule has 2 rings (SSSR count). The van der Waals surface area contributed by atoms with Crippen molar-refractivity contribution in [2.24, 2.45) is 0 Å². The average molecular weight is 277 g/mol. The molecule has 0 spiro atoms. The lowest BCUT2D eigenvalue weighted by Gasteiger charge is -2.19. The first-order valence-electron chi connectivity index (χ1n) is 6.69. The van der Waals surface area contributed by atoms with Gasteiger partial charge in [0.05, 0.1) is 17.8 Å². The van der Waals surface area contributed by atoms with Gasteiger partial charge in [-0.25, -0.2) is 0 Å². The van der Waals surface area contributed by atoms with Gasteiger partial charge < -0.3 is 5.32 Å². The Morgan fingerprint density at radius 1 is 1.26 bits per heavy atom. The summed E-state index contributed by atoms with van der Waals surface area (Å²) in [7, 11) is 0. The van der Waals surface area contributed by atoms with E-state index in [4.69, 9.17) is 5.10 Å². The molecule has 0 saturated carbocycles. The zero-order chi connectivity index (χ0) is 13.9. The van der Waals surface area contributed by atoms with Gasteiger partial charge in [-0.1, -0.05) is 18.2 Å². The molecule has 1 heterocycles. The van der Waals surface area contributed by atoms with E-state index >= 15 is 0 Å². The number of benzene rings is 1. The van der Waals surface area contributed by atoms with Crippen molar-refractivity contribution >= 4 is 22.7 Å². The fourth-order valence-corrected chi connectivity index (χ4v) is 2.38. The predicted molar refractivity (Wildman–Crippen MR) is 84.7 cm³/mol. The van der Waals surface area contributed by atoms with Crippen molar-refractivity contribution < 1.29 is 0 Å². The summed E-state index contributed by atoms with van der Waals surface area (Å²) in [4.78, 5) is 0. The van der Waals surface area contributed by atoms with Crippen LogP contribution in [-0.2, 0) is 13.1 Å². The third-order valence-electron chi connectivity index (χ3n) is 3.03. The quantitative estimate of drug-likeness (QED) is 0.909. The van der Waals surface area contributed by atoms with Crippen molar-refractivity contribution in [1.82, 2.24) is 15.1 Å². The first kappa shape index (κ1) is 14.4. The predicted octanol–water partition coefficient (Wildman–Crippen LogP) is 3.29. The molecule has 2 aromatic rings. The van der Waals surface area contributed by atoms with Gasteiger partial charge in [-0.15, -0.1) is 0 Å². The Balaban J connectivity index is 2.28. The van der Waals surface area contributed by atoms with Gasteiger partial charge in [0.15, 0.2) is 0 Å². The maximum atomic E-state index is 4.77. The van der Waals surface area contributed by atoms with E-state index < -0.39 is 0 Å². The minimum absolute atomic E-state index is 0.115. The fourth-order valence-electron chi connectivity index (χ4n) is 2.02. The molecule has 4 heteroatoms. The van der Waals surface area contributed by atoms with Gasteiger partial charge in [-0.3, -0.25) is 4.68 Å². The molecule has 0 bridgehead atoms. The molecule has 104 valence electrons. The van der Waals surface area contributed by atoms with Gasteiger partial charge in [0.2, 0.25) is 0 Å². The molecule has 1 aromatic heterocycles. The lowest BCUT2D eigenvalue weighted by molar-refractivity contribution is 0.420. The number of aromatic nitrogens is 2. The topological polar surface area (TPSA) is 29.9 Å². The largest absolute Gasteiger partial charge is 0.306 e. The maximum absolute atomic E-state index is 4.77. The van der Waals surface area contributed by atoms with E-state index in [2.05, 4.69) is 61.3 Å². The first-order chi connectivity index (χ1) is 9.01. The molecule has 0 saturated heterocycles. The fraction of sp³-hybridized carbons (Fsp3) is 0.533. The number of hydrogen-bond acceptors (Lipinski definition) is 3. The lowest BCUT2D eigenvalue weighted by Crippen LogP contribution is -2.35. The molecule has 0 unspecified atom stereocenters. The first-order valence-corrected chi connectivity index (χ1v) is 8.09. The zero-order valence-corrected chi connectivity index (χ0v) is 13.0. The van der Waals surface area contributed by atoms with Crippen molar-refractivity contribution in [3.8, 4) is 0 Å². The van der Waals surface area contributed by atoms with Crippen LogP contribution in [0.1, 0.15) is 26.5 Å². The number of nitrogens with zero attached hydrogens (tertiary/aromatic N) is 2. The number of rotatable bonds is 5. The van der Waals surface area contributed by atoms with Crippen LogP contribution >= 0.6 is 11.8 Å². The second kappa shape index (κ2) is 5.97. The van der Waals surface area contributed by atoms with E-state index in [9.17, 15) is 0 Å². The summed E-state index contributed by atoms with van der Waals surface area (Å²) in [6.07, 6.45) is 2.13. The summed E-state index contributed by atoms with van der Waals surface area (Å²) in [6.45, 7) is 8.33. The highest BCUT2D eigenvalue weighted by molar-refractivity contribution is 7.98. The molecule has 0 aliphatic rings. The summed E-state index contributed by atoms with van der Waals surface area (Å²) in [5.41, 5.74) is 2.50. The maximum Gasteiger partial charge on any atom is 0.0841 e. The van der Waals surface area contributed by atoms with Crippen LogP contribution in [-0.4, -0.2) is 27.3 Å². The number of thioether (sulfide) groups is 1. The van der Waals surface area contributed by atoms with Gasteiger partial charge in [-0.05, 0) is 33.1 Å². The normalized spacial score (nSPS) is 12.2. The standard InChI is InChI=1S/C15H23N3S/c1-15(2,3)16-11-13-12-7-5-6-8-14(12)18(17-13)9-10-19-4/h5-8,16H,9-11H2,1-4H3. The van der Waals surface area contributed by atoms with E-state index in [1.54, 1.807) is 0 Å². The monoisotopic (exact) mass is 277 g/mol. The summed E-state index contributed by atoms with van der Waals surface area (Å²) >= 11 is 1.86. The summed E-state index contributed by atoms with van der Waals surface area (Å²) < 4.78 is 2.13. The van der Waals surface area contributed by atoms with Crippen molar-refractivity contribution in [3.63, 3.8) is 0 Å². The van der Waals surface area contributed by atoms with Crippen LogP contribution < -0.4 is 5.32 Å². The average Bonchev–Trinajstić information content (AvgIpc) is 2.72. The smallest absolute Gasteiger partial charge is 0.0841 e. The van der Waals surface area contributed by atoms with Crippen LogP contribution in [0.25, 0.3) is 10.9 Å². The van der Waals surface area contributed by atoms with Crippen molar-refractivity contribution in [2.45, 2.75) is 39.4 Å². The van der Waals surface area contributed by atoms with Crippen molar-refractivity contribution in [2.75, 3.05) is 12.0 Å². The van der Waals surface area contributed by atoms with Gasteiger partial charge in [0.25, 0.3) is 0 Å². The zero-order valence-electron chi connectivity index (χ0n) is 12.2. The Labute approximate surface area is 119 Å². The molecule has 0 fully saturated rings. The molecule has 0 aliphatic heterocycles. The summed E-state index contributed by atoms with van der Waals surface area (Å²) in [5, 5.41) is 9.55. The molecule has 19 heavy (non-hydrogen) atoms. The van der Waals surface area contributed by atoms with E-state index in [0.717, 1.165) is 24.5 Å². The van der Waals surface area contributed by atoms with Crippen LogP contribution in [0.2, 0.25) is 0 Å². The van der Waals surface area contributed by atoms with Gasteiger partial charge in [0, 0.05) is 23.2 Å². The minimum atomic E-state index is 0.115. The molecule has 0 atom stereocenters. The molecule has 3 nitrogen and oxygen atoms in total. The Morgan fingerprint density at radius 2 is 2.00 bits per heavy atom. The highest BCUT2D eigenvalue weighted by atomic mass is 32.2. The van der Waals surface area contributed by atoms with E-state index in [1.165, 1.54) is 10.9 Å². The minimum Gasteiger partial charge on any atom is -0.306 e. The van der Waals surface area contributed by atoms with Gasteiger partial charge in [0.1, 0.15) is 0 Å². The second-order valence-corrected chi connectivity index (χ2v) is 6.77. The molecule has 0 amide bonds. The lowest BCUT2D eigenvalue weighted by atomic mass is 10.1. The molecule has 1 N–H and O–H groups in total. The molecular formula is C15H23N3S. The third-order valence-corrected chi connectivity index (χ3v) is 3.62. The Hall–Kier alpha value is -1.00. The summed E-state index contributed by atoms with van der Waals surface area (Å²) in [6, 6.07) is 8.49. The highest BCUT2D eigenvalue weighted by Crippen LogP contribution is 2.19. The van der Waals surface area contributed by atoms with Crippen LogP contribution in [0.15, 0.2) is 24.3 Å². The number of hydrogen-bond donors (Lipinski definition) is 1. The van der Waals surface area contributed by atoms with Crippen LogP contribution in [0, 0.1) is 0 Å². The van der Waals surface area contributed by atoms with E-state index in [-0.39, 0.29) is 5.54 Å². The number of fused-ring (bicyclic) bond motifs is 1. The van der Waals surface area contributed by atoms with Crippen molar-refractivity contribution in [1.29, 1.82) is 0 Å². The number of nitrogens with one attached hydrogen (secondary N) is 1. The van der Waals surface area contributed by atoms with E-state index in [1.807, 2.05) is 11.8 Å².